The first-order valence-electron chi connectivity index (χ1n) is 5.41. The lowest BCUT2D eigenvalue weighted by Crippen LogP contribution is -2.31. The van der Waals surface area contributed by atoms with Gasteiger partial charge in [0.1, 0.15) is 0 Å². The van der Waals surface area contributed by atoms with Crippen LogP contribution in [0.15, 0.2) is 42.5 Å². The molecule has 0 aliphatic heterocycles. The van der Waals surface area contributed by atoms with Crippen molar-refractivity contribution in [1.29, 1.82) is 0 Å². The van der Waals surface area contributed by atoms with Crippen molar-refractivity contribution in [2.24, 2.45) is 0 Å². The molecule has 0 spiro atoms. The number of amides is 1. The van der Waals surface area contributed by atoms with Crippen LogP contribution in [0.4, 0.5) is 0 Å². The van der Waals surface area contributed by atoms with E-state index >= 15 is 0 Å². The molecule has 2 rings (SSSR count). The summed E-state index contributed by atoms with van der Waals surface area (Å²) >= 11 is 0. The largest absolute Gasteiger partial charge is 0.304 e. The van der Waals surface area contributed by atoms with Crippen LogP contribution < -0.4 is 10.8 Å². The molecule has 0 aliphatic rings. The van der Waals surface area contributed by atoms with Crippen LogP contribution in [0.2, 0.25) is 0 Å². The molecule has 17 heavy (non-hydrogen) atoms. The third-order valence-corrected chi connectivity index (χ3v) is 2.55. The Hall–Kier alpha value is -1.91. The number of hydrogen-bond donors (Lipinski definition) is 3. The topological polar surface area (TPSA) is 61.4 Å². The molecule has 1 amide bonds. The molecular formula is C13H14N2O2. The van der Waals surface area contributed by atoms with E-state index in [2.05, 4.69) is 29.6 Å². The summed E-state index contributed by atoms with van der Waals surface area (Å²) in [6.07, 6.45) is 0. The third-order valence-electron chi connectivity index (χ3n) is 2.55. The monoisotopic (exact) mass is 230 g/mol. The van der Waals surface area contributed by atoms with E-state index in [9.17, 15) is 4.79 Å². The number of hydroxylamine groups is 1. The van der Waals surface area contributed by atoms with Crippen LogP contribution in [0.25, 0.3) is 10.8 Å². The second kappa shape index (κ2) is 5.43. The molecule has 0 fully saturated rings. The predicted molar refractivity (Wildman–Crippen MR) is 65.6 cm³/mol. The molecule has 0 saturated carbocycles. The normalized spacial score (nSPS) is 10.4. The maximum atomic E-state index is 10.8. The van der Waals surface area contributed by atoms with Crippen molar-refractivity contribution >= 4 is 16.7 Å². The van der Waals surface area contributed by atoms with Gasteiger partial charge in [-0.05, 0) is 22.4 Å². The first kappa shape index (κ1) is 11.6. The van der Waals surface area contributed by atoms with E-state index in [0.717, 1.165) is 5.56 Å². The minimum atomic E-state index is -0.439. The SMILES string of the molecule is O=C(CNCc1ccc2ccccc2c1)NO. The van der Waals surface area contributed by atoms with Gasteiger partial charge in [-0.2, -0.15) is 0 Å². The van der Waals surface area contributed by atoms with Gasteiger partial charge in [0.15, 0.2) is 0 Å². The quantitative estimate of drug-likeness (QED) is 0.550. The van der Waals surface area contributed by atoms with Crippen LogP contribution >= 0.6 is 0 Å². The number of rotatable bonds is 4. The Morgan fingerprint density at radius 2 is 1.88 bits per heavy atom. The summed E-state index contributed by atoms with van der Waals surface area (Å²) in [5.74, 6) is -0.439. The zero-order chi connectivity index (χ0) is 12.1. The van der Waals surface area contributed by atoms with Crippen LogP contribution in [0.3, 0.4) is 0 Å². The molecule has 0 aromatic heterocycles. The van der Waals surface area contributed by atoms with Gasteiger partial charge in [0, 0.05) is 6.54 Å². The molecular weight excluding hydrogens is 216 g/mol. The molecule has 2 aromatic carbocycles. The summed E-state index contributed by atoms with van der Waals surface area (Å²) in [6.45, 7) is 0.696. The van der Waals surface area contributed by atoms with Gasteiger partial charge in [0.25, 0.3) is 5.91 Å². The number of benzene rings is 2. The van der Waals surface area contributed by atoms with Gasteiger partial charge >= 0.3 is 0 Å². The zero-order valence-corrected chi connectivity index (χ0v) is 9.31. The fourth-order valence-corrected chi connectivity index (χ4v) is 1.71. The van der Waals surface area contributed by atoms with E-state index in [1.807, 2.05) is 18.2 Å². The molecule has 4 nitrogen and oxygen atoms in total. The van der Waals surface area contributed by atoms with Crippen LogP contribution in [-0.4, -0.2) is 17.7 Å². The number of nitrogens with one attached hydrogen (secondary N) is 2. The summed E-state index contributed by atoms with van der Waals surface area (Å²) in [7, 11) is 0. The smallest absolute Gasteiger partial charge is 0.257 e. The lowest BCUT2D eigenvalue weighted by molar-refractivity contribution is -0.128. The molecule has 88 valence electrons. The standard InChI is InChI=1S/C13H14N2O2/c16-13(15-17)9-14-8-10-5-6-11-3-1-2-4-12(11)7-10/h1-7,14,17H,8-9H2,(H,15,16). The van der Waals surface area contributed by atoms with E-state index in [1.54, 1.807) is 5.48 Å². The van der Waals surface area contributed by atoms with Crippen LogP contribution in [-0.2, 0) is 11.3 Å². The van der Waals surface area contributed by atoms with Crippen molar-refractivity contribution in [2.75, 3.05) is 6.54 Å². The number of hydrogen-bond acceptors (Lipinski definition) is 3. The highest BCUT2D eigenvalue weighted by Crippen LogP contribution is 2.15. The van der Waals surface area contributed by atoms with E-state index < -0.39 is 5.91 Å². The molecule has 0 radical (unpaired) electrons. The maximum absolute atomic E-state index is 10.8. The van der Waals surface area contributed by atoms with E-state index in [-0.39, 0.29) is 6.54 Å². The van der Waals surface area contributed by atoms with Crippen LogP contribution in [0, 0.1) is 0 Å². The van der Waals surface area contributed by atoms with Gasteiger partial charge < -0.3 is 5.32 Å². The lowest BCUT2D eigenvalue weighted by Gasteiger charge is -2.05. The lowest BCUT2D eigenvalue weighted by atomic mass is 10.1. The first-order chi connectivity index (χ1) is 8.29. The summed E-state index contributed by atoms with van der Waals surface area (Å²) in [6, 6.07) is 14.3. The Labute approximate surface area is 99.2 Å². The second-order valence-electron chi connectivity index (χ2n) is 3.82. The maximum Gasteiger partial charge on any atom is 0.257 e. The van der Waals surface area contributed by atoms with Crippen LogP contribution in [0.1, 0.15) is 5.56 Å². The number of fused-ring (bicyclic) bond motifs is 1. The van der Waals surface area contributed by atoms with E-state index in [0.29, 0.717) is 6.54 Å². The van der Waals surface area contributed by atoms with Crippen LogP contribution in [0.5, 0.6) is 0 Å². The van der Waals surface area contributed by atoms with Gasteiger partial charge in [0.2, 0.25) is 0 Å². The summed E-state index contributed by atoms with van der Waals surface area (Å²) in [5.41, 5.74) is 2.69. The van der Waals surface area contributed by atoms with Crippen molar-refractivity contribution in [3.05, 3.63) is 48.0 Å². The Bertz CT molecular complexity index is 526. The average molecular weight is 230 g/mol. The highest BCUT2D eigenvalue weighted by atomic mass is 16.5. The minimum Gasteiger partial charge on any atom is -0.304 e. The fourth-order valence-electron chi connectivity index (χ4n) is 1.71. The Morgan fingerprint density at radius 1 is 1.12 bits per heavy atom. The van der Waals surface area contributed by atoms with Gasteiger partial charge in [-0.3, -0.25) is 10.0 Å². The number of carbonyl (C=O) groups excluding carboxylic acids is 1. The summed E-state index contributed by atoms with van der Waals surface area (Å²) in [4.78, 5) is 10.8. The third kappa shape index (κ3) is 3.03. The van der Waals surface area contributed by atoms with Gasteiger partial charge in [0.05, 0.1) is 6.54 Å². The Morgan fingerprint density at radius 3 is 2.65 bits per heavy atom. The Balaban J connectivity index is 2.02. The van der Waals surface area contributed by atoms with Crippen molar-refractivity contribution in [3.8, 4) is 0 Å². The second-order valence-corrected chi connectivity index (χ2v) is 3.82. The molecule has 0 saturated heterocycles. The van der Waals surface area contributed by atoms with Crippen molar-refractivity contribution in [1.82, 2.24) is 10.8 Å². The average Bonchev–Trinajstić information content (AvgIpc) is 2.38. The van der Waals surface area contributed by atoms with Crippen molar-refractivity contribution in [3.63, 3.8) is 0 Å². The molecule has 3 N–H and O–H groups in total. The highest BCUT2D eigenvalue weighted by Gasteiger charge is 1.99. The van der Waals surface area contributed by atoms with Gasteiger partial charge in [-0.25, -0.2) is 5.48 Å². The molecule has 0 atom stereocenters. The molecule has 0 unspecified atom stereocenters. The van der Waals surface area contributed by atoms with Gasteiger partial charge in [-0.1, -0.05) is 36.4 Å². The molecule has 0 heterocycles. The van der Waals surface area contributed by atoms with E-state index in [1.165, 1.54) is 10.8 Å². The minimum absolute atomic E-state index is 0.101. The molecule has 4 heteroatoms. The first-order valence-corrected chi connectivity index (χ1v) is 5.41. The summed E-state index contributed by atoms with van der Waals surface area (Å²) < 4.78 is 0. The van der Waals surface area contributed by atoms with Crippen molar-refractivity contribution in [2.45, 2.75) is 6.54 Å². The predicted octanol–water partition coefficient (Wildman–Crippen LogP) is 1.43. The van der Waals surface area contributed by atoms with Crippen molar-refractivity contribution < 1.29 is 10.0 Å². The zero-order valence-electron chi connectivity index (χ0n) is 9.31. The molecule has 0 bridgehead atoms. The summed E-state index contributed by atoms with van der Waals surface area (Å²) in [5, 5.41) is 13.7. The Kier molecular flexibility index (Phi) is 3.69. The molecule has 2 aromatic rings. The van der Waals surface area contributed by atoms with Gasteiger partial charge in [-0.15, -0.1) is 0 Å². The van der Waals surface area contributed by atoms with E-state index in [4.69, 9.17) is 5.21 Å². The highest BCUT2D eigenvalue weighted by molar-refractivity contribution is 5.83. The number of carbonyl (C=O) groups is 1. The fraction of sp³-hybridized carbons (Fsp3) is 0.154. The molecule has 0 aliphatic carbocycles.